The number of nitrogens with two attached hydrogens (primary N) is 1. The van der Waals surface area contributed by atoms with Crippen LogP contribution in [0.25, 0.3) is 0 Å². The molecule has 0 aromatic rings. The van der Waals surface area contributed by atoms with Gasteiger partial charge in [0.1, 0.15) is 5.75 Å². The molecule has 0 aliphatic carbocycles. The molecule has 5 nitrogen and oxygen atoms in total. The third kappa shape index (κ3) is 3.71. The van der Waals surface area contributed by atoms with E-state index in [1.54, 1.807) is 0 Å². The Morgan fingerprint density at radius 3 is 2.62 bits per heavy atom. The summed E-state index contributed by atoms with van der Waals surface area (Å²) in [4.78, 5) is 13.5. The number of piperidine rings is 1. The van der Waals surface area contributed by atoms with Gasteiger partial charge in [-0.3, -0.25) is 4.79 Å². The fourth-order valence-corrected chi connectivity index (χ4v) is 2.69. The first-order chi connectivity index (χ1) is 7.31. The Morgan fingerprint density at radius 1 is 1.50 bits per heavy atom. The zero-order valence-electron chi connectivity index (χ0n) is 9.18. The van der Waals surface area contributed by atoms with Crippen molar-refractivity contribution in [1.82, 2.24) is 4.90 Å². The molecule has 1 rings (SSSR count). The van der Waals surface area contributed by atoms with Gasteiger partial charge in [0, 0.05) is 12.8 Å². The van der Waals surface area contributed by atoms with Gasteiger partial charge in [-0.05, 0) is 19.3 Å². The molecule has 1 amide bonds. The van der Waals surface area contributed by atoms with E-state index >= 15 is 0 Å². The molecule has 0 aromatic heterocycles. The maximum atomic E-state index is 11.8. The van der Waals surface area contributed by atoms with Gasteiger partial charge in [0.05, 0.1) is 11.0 Å². The van der Waals surface area contributed by atoms with Crippen LogP contribution in [0.1, 0.15) is 19.3 Å². The van der Waals surface area contributed by atoms with Gasteiger partial charge < -0.3 is 10.6 Å². The Hall–Kier alpha value is -0.690. The first-order valence-corrected chi connectivity index (χ1v) is 7.54. The average Bonchev–Trinajstić information content (AvgIpc) is 2.15. The van der Waals surface area contributed by atoms with Gasteiger partial charge in [-0.25, -0.2) is 8.42 Å². The van der Waals surface area contributed by atoms with Gasteiger partial charge in [-0.1, -0.05) is 12.2 Å². The van der Waals surface area contributed by atoms with Crippen molar-refractivity contribution < 1.29 is 13.2 Å². The molecule has 1 heterocycles. The number of hydrogen-bond donors (Lipinski definition) is 1. The lowest BCUT2D eigenvalue weighted by Crippen LogP contribution is -2.51. The smallest absolute Gasteiger partial charge is 0.238 e. The molecule has 1 saturated heterocycles. The monoisotopic (exact) mass is 264 g/mol. The molecule has 7 heteroatoms. The fraction of sp³-hybridized carbons (Fsp3) is 0.778. The summed E-state index contributed by atoms with van der Waals surface area (Å²) in [5.41, 5.74) is 5.55. The van der Waals surface area contributed by atoms with Crippen LogP contribution in [0.15, 0.2) is 0 Å². The molecular weight excluding hydrogens is 248 g/mol. The molecule has 0 spiro atoms. The molecule has 0 saturated carbocycles. The largest absolute Gasteiger partial charge is 0.392 e. The maximum absolute atomic E-state index is 11.8. The van der Waals surface area contributed by atoms with Crippen LogP contribution >= 0.6 is 12.2 Å². The summed E-state index contributed by atoms with van der Waals surface area (Å²) in [6, 6.07) is -0.280. The summed E-state index contributed by atoms with van der Waals surface area (Å²) < 4.78 is 22.1. The SMILES string of the molecule is CS(=O)(=O)CC(=O)N1CCCCC1C(N)=S. The number of likely N-dealkylation sites (tertiary alicyclic amines) is 1. The minimum Gasteiger partial charge on any atom is -0.392 e. The highest BCUT2D eigenvalue weighted by molar-refractivity contribution is 7.91. The van der Waals surface area contributed by atoms with Gasteiger partial charge >= 0.3 is 0 Å². The molecule has 1 atom stereocenters. The van der Waals surface area contributed by atoms with Crippen LogP contribution in [0.5, 0.6) is 0 Å². The van der Waals surface area contributed by atoms with Crippen molar-refractivity contribution in [1.29, 1.82) is 0 Å². The van der Waals surface area contributed by atoms with E-state index in [9.17, 15) is 13.2 Å². The zero-order chi connectivity index (χ0) is 12.3. The highest BCUT2D eigenvalue weighted by Gasteiger charge is 2.29. The van der Waals surface area contributed by atoms with Crippen LogP contribution in [0.3, 0.4) is 0 Å². The van der Waals surface area contributed by atoms with Crippen molar-refractivity contribution in [2.24, 2.45) is 5.73 Å². The van der Waals surface area contributed by atoms with Gasteiger partial charge in [-0.15, -0.1) is 0 Å². The highest BCUT2D eigenvalue weighted by Crippen LogP contribution is 2.17. The van der Waals surface area contributed by atoms with E-state index in [1.807, 2.05) is 0 Å². The van der Waals surface area contributed by atoms with Crippen molar-refractivity contribution in [3.8, 4) is 0 Å². The van der Waals surface area contributed by atoms with E-state index in [-0.39, 0.29) is 11.0 Å². The quantitative estimate of drug-likeness (QED) is 0.708. The van der Waals surface area contributed by atoms with E-state index < -0.39 is 21.5 Å². The molecule has 0 aromatic carbocycles. The highest BCUT2D eigenvalue weighted by atomic mass is 32.2. The Morgan fingerprint density at radius 2 is 2.12 bits per heavy atom. The number of nitrogens with zero attached hydrogens (tertiary/aromatic N) is 1. The number of carbonyl (C=O) groups is 1. The van der Waals surface area contributed by atoms with E-state index in [0.717, 1.165) is 25.5 Å². The fourth-order valence-electron chi connectivity index (χ4n) is 1.83. The van der Waals surface area contributed by atoms with Gasteiger partial charge in [0.25, 0.3) is 0 Å². The topological polar surface area (TPSA) is 80.5 Å². The van der Waals surface area contributed by atoms with Crippen molar-refractivity contribution >= 4 is 33.0 Å². The van der Waals surface area contributed by atoms with Crippen LogP contribution in [0, 0.1) is 0 Å². The predicted molar refractivity (Wildman–Crippen MR) is 65.8 cm³/mol. The van der Waals surface area contributed by atoms with Crippen molar-refractivity contribution in [2.75, 3.05) is 18.6 Å². The predicted octanol–water partition coefficient (Wildman–Crippen LogP) is -0.302. The minimum absolute atomic E-state index is 0.265. The number of rotatable bonds is 3. The third-order valence-electron chi connectivity index (χ3n) is 2.54. The standard InChI is InChI=1S/C9H16N2O3S2/c1-16(13,14)6-8(12)11-5-3-2-4-7(11)9(10)15/h7H,2-6H2,1H3,(H2,10,15). The normalized spacial score (nSPS) is 21.8. The van der Waals surface area contributed by atoms with E-state index in [4.69, 9.17) is 18.0 Å². The summed E-state index contributed by atoms with van der Waals surface area (Å²) in [6.07, 6.45) is 3.61. The maximum Gasteiger partial charge on any atom is 0.238 e. The van der Waals surface area contributed by atoms with Crippen LogP contribution in [-0.4, -0.2) is 48.8 Å². The van der Waals surface area contributed by atoms with Gasteiger partial charge in [-0.2, -0.15) is 0 Å². The second-order valence-electron chi connectivity index (χ2n) is 4.07. The van der Waals surface area contributed by atoms with Crippen LogP contribution in [0.2, 0.25) is 0 Å². The lowest BCUT2D eigenvalue weighted by Gasteiger charge is -2.34. The van der Waals surface area contributed by atoms with Gasteiger partial charge in [0.2, 0.25) is 5.91 Å². The number of sulfone groups is 1. The molecule has 1 aliphatic rings. The Labute approximate surface area is 101 Å². The van der Waals surface area contributed by atoms with Crippen molar-refractivity contribution in [3.63, 3.8) is 0 Å². The van der Waals surface area contributed by atoms with Crippen LogP contribution in [0.4, 0.5) is 0 Å². The van der Waals surface area contributed by atoms with Crippen LogP contribution < -0.4 is 5.73 Å². The number of thiocarbonyl (C=S) groups is 1. The molecule has 0 bridgehead atoms. The lowest BCUT2D eigenvalue weighted by molar-refractivity contribution is -0.130. The first-order valence-electron chi connectivity index (χ1n) is 5.08. The van der Waals surface area contributed by atoms with E-state index in [2.05, 4.69) is 0 Å². The van der Waals surface area contributed by atoms with E-state index in [1.165, 1.54) is 4.90 Å². The minimum atomic E-state index is -3.30. The van der Waals surface area contributed by atoms with Gasteiger partial charge in [0.15, 0.2) is 9.84 Å². The second-order valence-corrected chi connectivity index (χ2v) is 6.68. The number of carbonyl (C=O) groups excluding carboxylic acids is 1. The Kier molecular flexibility index (Phi) is 4.26. The Bertz CT molecular complexity index is 392. The molecule has 92 valence electrons. The molecule has 1 unspecified atom stereocenters. The van der Waals surface area contributed by atoms with Crippen molar-refractivity contribution in [3.05, 3.63) is 0 Å². The Balaban J connectivity index is 2.76. The summed E-state index contributed by atoms with van der Waals surface area (Å²) >= 11 is 4.89. The third-order valence-corrected chi connectivity index (χ3v) is 3.58. The summed E-state index contributed by atoms with van der Waals surface area (Å²) in [7, 11) is -3.30. The molecule has 16 heavy (non-hydrogen) atoms. The molecule has 1 fully saturated rings. The summed E-state index contributed by atoms with van der Waals surface area (Å²) in [5.74, 6) is -0.869. The molecule has 2 N–H and O–H groups in total. The number of hydrogen-bond acceptors (Lipinski definition) is 4. The zero-order valence-corrected chi connectivity index (χ0v) is 10.8. The second kappa shape index (κ2) is 5.09. The average molecular weight is 264 g/mol. The molecule has 1 aliphatic heterocycles. The first kappa shape index (κ1) is 13.4. The molecular formula is C9H16N2O3S2. The van der Waals surface area contributed by atoms with E-state index in [0.29, 0.717) is 6.54 Å². The van der Waals surface area contributed by atoms with Crippen molar-refractivity contribution in [2.45, 2.75) is 25.3 Å². The lowest BCUT2D eigenvalue weighted by atomic mass is 10.0. The number of amides is 1. The molecule has 0 radical (unpaired) electrons. The summed E-state index contributed by atoms with van der Waals surface area (Å²) in [5, 5.41) is 0. The van der Waals surface area contributed by atoms with Crippen LogP contribution in [-0.2, 0) is 14.6 Å². The summed E-state index contributed by atoms with van der Waals surface area (Å²) in [6.45, 7) is 0.538.